The van der Waals surface area contributed by atoms with Crippen LogP contribution in [0.1, 0.15) is 40.4 Å². The first-order valence-corrected chi connectivity index (χ1v) is 9.82. The fourth-order valence-corrected chi connectivity index (χ4v) is 4.32. The molecule has 1 aromatic carbocycles. The smallest absolute Gasteiger partial charge is 0.244 e. The number of pyridine rings is 1. The van der Waals surface area contributed by atoms with E-state index in [0.29, 0.717) is 6.54 Å². The van der Waals surface area contributed by atoms with Crippen molar-refractivity contribution < 1.29 is 4.79 Å². The third-order valence-electron chi connectivity index (χ3n) is 4.75. The third-order valence-corrected chi connectivity index (χ3v) is 5.81. The van der Waals surface area contributed by atoms with Crippen molar-refractivity contribution in [2.24, 2.45) is 0 Å². The van der Waals surface area contributed by atoms with Crippen LogP contribution in [-0.2, 0) is 17.8 Å². The van der Waals surface area contributed by atoms with Gasteiger partial charge in [0.25, 0.3) is 0 Å². The number of benzene rings is 1. The summed E-state index contributed by atoms with van der Waals surface area (Å²) in [4.78, 5) is 21.4. The van der Waals surface area contributed by atoms with Gasteiger partial charge in [-0.1, -0.05) is 43.0 Å². The van der Waals surface area contributed by atoms with E-state index in [-0.39, 0.29) is 16.3 Å². The molecule has 3 aromatic rings. The van der Waals surface area contributed by atoms with Crippen LogP contribution in [0.2, 0.25) is 0 Å². The normalized spacial score (nSPS) is 16.9. The van der Waals surface area contributed by atoms with Gasteiger partial charge < -0.3 is 9.88 Å². The van der Waals surface area contributed by atoms with Gasteiger partial charge in [-0.25, -0.2) is 9.97 Å². The van der Waals surface area contributed by atoms with Gasteiger partial charge in [-0.3, -0.25) is 10.2 Å². The highest BCUT2D eigenvalue weighted by Crippen LogP contribution is 2.33. The second kappa shape index (κ2) is 6.81. The Hall–Kier alpha value is -2.67. The standard InChI is InChI=1S/C20H21N5OS/c1-4-15-23-16-11(2)9-12(3)22-18(16)25(15)10-13-5-7-14(8-6-13)17-19(26)24-20(21)27-17/h5-9,17H,4,10H2,1-3H3,(H2,21,24,26). The first kappa shape index (κ1) is 17.7. The highest BCUT2D eigenvalue weighted by molar-refractivity contribution is 8.15. The minimum absolute atomic E-state index is 0.123. The quantitative estimate of drug-likeness (QED) is 0.727. The fraction of sp³-hybridized carbons (Fsp3) is 0.300. The summed E-state index contributed by atoms with van der Waals surface area (Å²) in [6.45, 7) is 6.88. The van der Waals surface area contributed by atoms with Crippen LogP contribution in [0.25, 0.3) is 11.2 Å². The molecule has 0 spiro atoms. The van der Waals surface area contributed by atoms with Crippen molar-refractivity contribution in [1.82, 2.24) is 19.9 Å². The number of hydrogen-bond donors (Lipinski definition) is 2. The number of thioether (sulfide) groups is 1. The van der Waals surface area contributed by atoms with E-state index in [9.17, 15) is 4.79 Å². The van der Waals surface area contributed by atoms with Gasteiger partial charge in [-0.05, 0) is 36.6 Å². The van der Waals surface area contributed by atoms with Crippen molar-refractivity contribution in [3.63, 3.8) is 0 Å². The first-order chi connectivity index (χ1) is 13.0. The molecule has 2 N–H and O–H groups in total. The summed E-state index contributed by atoms with van der Waals surface area (Å²) in [5.41, 5.74) is 6.07. The summed E-state index contributed by atoms with van der Waals surface area (Å²) in [5, 5.41) is 10.0. The van der Waals surface area contributed by atoms with Gasteiger partial charge in [0.15, 0.2) is 10.8 Å². The number of carbonyl (C=O) groups is 1. The molecule has 0 bridgehead atoms. The Kier molecular flexibility index (Phi) is 4.47. The Balaban J connectivity index is 1.66. The number of amides is 1. The Morgan fingerprint density at radius 1 is 1.22 bits per heavy atom. The lowest BCUT2D eigenvalue weighted by Crippen LogP contribution is -2.20. The molecule has 2 aromatic heterocycles. The maximum atomic E-state index is 11.9. The van der Waals surface area contributed by atoms with E-state index < -0.39 is 0 Å². The summed E-state index contributed by atoms with van der Waals surface area (Å²) in [7, 11) is 0. The molecule has 0 radical (unpaired) electrons. The van der Waals surface area contributed by atoms with Crippen LogP contribution in [0, 0.1) is 19.3 Å². The lowest BCUT2D eigenvalue weighted by Gasteiger charge is -2.10. The topological polar surface area (TPSA) is 83.7 Å². The van der Waals surface area contributed by atoms with Gasteiger partial charge in [0.2, 0.25) is 5.91 Å². The van der Waals surface area contributed by atoms with Gasteiger partial charge in [0, 0.05) is 12.1 Å². The number of rotatable bonds is 4. The number of carbonyl (C=O) groups excluding carboxylic acids is 1. The van der Waals surface area contributed by atoms with Crippen molar-refractivity contribution in [3.8, 4) is 0 Å². The SMILES string of the molecule is CCc1nc2c(C)cc(C)nc2n1Cc1ccc(C2SC(=N)NC2=O)cc1. The number of fused-ring (bicyclic) bond motifs is 1. The fourth-order valence-electron chi connectivity index (χ4n) is 3.46. The van der Waals surface area contributed by atoms with Crippen molar-refractivity contribution in [2.75, 3.05) is 0 Å². The summed E-state index contributed by atoms with van der Waals surface area (Å²) >= 11 is 1.25. The predicted octanol–water partition coefficient (Wildman–Crippen LogP) is 3.50. The third kappa shape index (κ3) is 3.23. The average Bonchev–Trinajstić information content (AvgIpc) is 3.15. The molecule has 1 aliphatic heterocycles. The van der Waals surface area contributed by atoms with E-state index in [4.69, 9.17) is 15.4 Å². The molecule has 6 nitrogen and oxygen atoms in total. The van der Waals surface area contributed by atoms with Gasteiger partial charge >= 0.3 is 0 Å². The highest BCUT2D eigenvalue weighted by atomic mass is 32.2. The van der Waals surface area contributed by atoms with Gasteiger partial charge in [0.05, 0.1) is 6.54 Å². The van der Waals surface area contributed by atoms with Crippen LogP contribution in [0.4, 0.5) is 0 Å². The molecule has 27 heavy (non-hydrogen) atoms. The molecule has 0 saturated carbocycles. The second-order valence-corrected chi connectivity index (χ2v) is 7.89. The molecular formula is C20H21N5OS. The molecule has 7 heteroatoms. The summed E-state index contributed by atoms with van der Waals surface area (Å²) in [6.07, 6.45) is 0.841. The van der Waals surface area contributed by atoms with Crippen molar-refractivity contribution in [1.29, 1.82) is 5.41 Å². The molecule has 3 heterocycles. The molecule has 138 valence electrons. The van der Waals surface area contributed by atoms with Gasteiger partial charge in [-0.15, -0.1) is 0 Å². The van der Waals surface area contributed by atoms with E-state index in [1.165, 1.54) is 11.8 Å². The lowest BCUT2D eigenvalue weighted by molar-refractivity contribution is -0.118. The molecule has 1 fully saturated rings. The number of nitrogens with one attached hydrogen (secondary N) is 2. The van der Waals surface area contributed by atoms with Crippen molar-refractivity contribution in [3.05, 3.63) is 58.5 Å². The maximum Gasteiger partial charge on any atom is 0.244 e. The number of aromatic nitrogens is 3. The van der Waals surface area contributed by atoms with Crippen LogP contribution in [-0.4, -0.2) is 25.6 Å². The number of amidine groups is 1. The molecule has 4 rings (SSSR count). The maximum absolute atomic E-state index is 11.9. The Labute approximate surface area is 161 Å². The van der Waals surface area contributed by atoms with Crippen LogP contribution in [0.15, 0.2) is 30.3 Å². The predicted molar refractivity (Wildman–Crippen MR) is 108 cm³/mol. The largest absolute Gasteiger partial charge is 0.308 e. The molecule has 1 aliphatic rings. The van der Waals surface area contributed by atoms with Crippen molar-refractivity contribution >= 4 is 34.0 Å². The van der Waals surface area contributed by atoms with E-state index in [1.807, 2.05) is 31.2 Å². The van der Waals surface area contributed by atoms with Crippen LogP contribution in [0.3, 0.4) is 0 Å². The van der Waals surface area contributed by atoms with E-state index in [2.05, 4.69) is 29.8 Å². The molecular weight excluding hydrogens is 358 g/mol. The Morgan fingerprint density at radius 2 is 1.96 bits per heavy atom. The highest BCUT2D eigenvalue weighted by Gasteiger charge is 2.30. The number of nitrogens with zero attached hydrogens (tertiary/aromatic N) is 3. The van der Waals surface area contributed by atoms with E-state index in [1.54, 1.807) is 0 Å². The molecule has 1 saturated heterocycles. The summed E-state index contributed by atoms with van der Waals surface area (Å²) < 4.78 is 2.18. The molecule has 1 atom stereocenters. The summed E-state index contributed by atoms with van der Waals surface area (Å²) in [6, 6.07) is 10.1. The molecule has 1 unspecified atom stereocenters. The molecule has 0 aliphatic carbocycles. The number of imidazole rings is 1. The zero-order chi connectivity index (χ0) is 19.1. The lowest BCUT2D eigenvalue weighted by atomic mass is 10.1. The zero-order valence-electron chi connectivity index (χ0n) is 15.5. The monoisotopic (exact) mass is 379 g/mol. The first-order valence-electron chi connectivity index (χ1n) is 8.94. The summed E-state index contributed by atoms with van der Waals surface area (Å²) in [5.74, 6) is 0.899. The minimum atomic E-state index is -0.334. The van der Waals surface area contributed by atoms with E-state index in [0.717, 1.165) is 45.8 Å². The Morgan fingerprint density at radius 3 is 2.59 bits per heavy atom. The number of hydrogen-bond acceptors (Lipinski definition) is 5. The van der Waals surface area contributed by atoms with Crippen LogP contribution >= 0.6 is 11.8 Å². The Bertz CT molecular complexity index is 1050. The van der Waals surface area contributed by atoms with Crippen LogP contribution < -0.4 is 5.32 Å². The van der Waals surface area contributed by atoms with Crippen molar-refractivity contribution in [2.45, 2.75) is 39.0 Å². The number of aryl methyl sites for hydroxylation is 3. The average molecular weight is 379 g/mol. The second-order valence-electron chi connectivity index (χ2n) is 6.78. The molecule has 1 amide bonds. The van der Waals surface area contributed by atoms with Gasteiger partial charge in [-0.2, -0.15) is 0 Å². The zero-order valence-corrected chi connectivity index (χ0v) is 16.4. The van der Waals surface area contributed by atoms with Crippen LogP contribution in [0.5, 0.6) is 0 Å². The minimum Gasteiger partial charge on any atom is -0.308 e. The van der Waals surface area contributed by atoms with Gasteiger partial charge in [0.1, 0.15) is 16.6 Å². The van der Waals surface area contributed by atoms with E-state index >= 15 is 0 Å².